The van der Waals surface area contributed by atoms with Crippen molar-refractivity contribution < 1.29 is 48.3 Å². The van der Waals surface area contributed by atoms with Crippen molar-refractivity contribution in [2.24, 2.45) is 0 Å². The lowest BCUT2D eigenvalue weighted by Gasteiger charge is -2.15. The molecule has 0 spiro atoms. The third-order valence-corrected chi connectivity index (χ3v) is 2.81. The minimum atomic E-state index is -0.882. The zero-order valence-electron chi connectivity index (χ0n) is 17.1. The molecule has 0 fully saturated rings. The van der Waals surface area contributed by atoms with Crippen molar-refractivity contribution in [1.29, 1.82) is 0 Å². The van der Waals surface area contributed by atoms with Gasteiger partial charge in [-0.2, -0.15) is 0 Å². The highest BCUT2D eigenvalue weighted by Crippen LogP contribution is 2.01. The minimum Gasteiger partial charge on any atom is -0.458 e. The molecule has 10 nitrogen and oxygen atoms in total. The Balaban J connectivity index is 0. The number of rotatable bonds is 12. The van der Waals surface area contributed by atoms with Crippen LogP contribution in [0.2, 0.25) is 0 Å². The first-order valence-electron chi connectivity index (χ1n) is 8.55. The summed E-state index contributed by atoms with van der Waals surface area (Å²) in [5.41, 5.74) is 0.451. The van der Waals surface area contributed by atoms with Crippen LogP contribution in [0, 0.1) is 0 Å². The first-order chi connectivity index (χ1) is 14.0. The van der Waals surface area contributed by atoms with Gasteiger partial charge in [-0.05, 0) is 13.8 Å². The molecule has 0 radical (unpaired) electrons. The van der Waals surface area contributed by atoms with Crippen molar-refractivity contribution in [3.05, 3.63) is 49.6 Å². The molecule has 0 aromatic rings. The van der Waals surface area contributed by atoms with Crippen LogP contribution in [0.1, 0.15) is 13.8 Å². The van der Waals surface area contributed by atoms with Crippen LogP contribution in [0.5, 0.6) is 0 Å². The van der Waals surface area contributed by atoms with Crippen LogP contribution in [0.4, 0.5) is 0 Å². The van der Waals surface area contributed by atoms with Gasteiger partial charge in [0.15, 0.2) is 12.2 Å². The highest BCUT2D eigenvalue weighted by atomic mass is 16.6. The van der Waals surface area contributed by atoms with Gasteiger partial charge in [-0.25, -0.2) is 19.2 Å². The van der Waals surface area contributed by atoms with Gasteiger partial charge in [0.2, 0.25) is 0 Å². The van der Waals surface area contributed by atoms with Crippen molar-refractivity contribution in [3.8, 4) is 0 Å². The van der Waals surface area contributed by atoms with Crippen LogP contribution in [0.15, 0.2) is 49.6 Å². The van der Waals surface area contributed by atoms with Crippen molar-refractivity contribution in [1.82, 2.24) is 0 Å². The van der Waals surface area contributed by atoms with Crippen molar-refractivity contribution in [3.63, 3.8) is 0 Å². The van der Waals surface area contributed by atoms with Gasteiger partial charge in [0.1, 0.15) is 13.2 Å². The number of ether oxygens (including phenoxy) is 4. The van der Waals surface area contributed by atoms with Crippen LogP contribution in [0.3, 0.4) is 0 Å². The van der Waals surface area contributed by atoms with Crippen molar-refractivity contribution >= 4 is 23.9 Å². The maximum Gasteiger partial charge on any atom is 0.333 e. The first-order valence-corrected chi connectivity index (χ1v) is 8.55. The van der Waals surface area contributed by atoms with Crippen molar-refractivity contribution in [2.75, 3.05) is 26.4 Å². The number of carbonyl (C=O) groups excluding carboxylic acids is 4. The van der Waals surface area contributed by atoms with Gasteiger partial charge in [0.25, 0.3) is 0 Å². The number of hydrogen-bond donors (Lipinski definition) is 2. The van der Waals surface area contributed by atoms with Gasteiger partial charge in [-0.15, -0.1) is 0 Å². The molecule has 2 N–H and O–H groups in total. The lowest BCUT2D eigenvalue weighted by Crippen LogP contribution is -2.28. The first kappa shape index (κ1) is 29.0. The summed E-state index contributed by atoms with van der Waals surface area (Å²) in [5, 5.41) is 17.6. The van der Waals surface area contributed by atoms with E-state index in [-0.39, 0.29) is 24.4 Å². The Bertz CT molecular complexity index is 650. The summed E-state index contributed by atoms with van der Waals surface area (Å²) in [4.78, 5) is 43.4. The van der Waals surface area contributed by atoms with E-state index in [9.17, 15) is 19.2 Å². The summed E-state index contributed by atoms with van der Waals surface area (Å²) in [6, 6.07) is 0. The van der Waals surface area contributed by atoms with E-state index < -0.39 is 49.3 Å². The maximum absolute atomic E-state index is 11.1. The largest absolute Gasteiger partial charge is 0.458 e. The predicted octanol–water partition coefficient (Wildman–Crippen LogP) is 0.392. The van der Waals surface area contributed by atoms with Gasteiger partial charge in [-0.3, -0.25) is 0 Å². The molecule has 0 rings (SSSR count). The molecule has 10 heteroatoms. The van der Waals surface area contributed by atoms with Crippen LogP contribution in [0.25, 0.3) is 0 Å². The highest BCUT2D eigenvalue weighted by molar-refractivity contribution is 5.87. The summed E-state index contributed by atoms with van der Waals surface area (Å²) in [6.45, 7) is 14.8. The summed E-state index contributed by atoms with van der Waals surface area (Å²) < 4.78 is 18.7. The summed E-state index contributed by atoms with van der Waals surface area (Å²) in [6.07, 6.45) is 0.179. The van der Waals surface area contributed by atoms with Gasteiger partial charge in [0, 0.05) is 23.3 Å². The molecule has 168 valence electrons. The summed E-state index contributed by atoms with van der Waals surface area (Å²) >= 11 is 0. The van der Waals surface area contributed by atoms with Gasteiger partial charge >= 0.3 is 23.9 Å². The third kappa shape index (κ3) is 14.8. The zero-order valence-corrected chi connectivity index (χ0v) is 17.1. The second-order valence-corrected chi connectivity index (χ2v) is 5.65. The molecule has 2 unspecified atom stereocenters. The minimum absolute atomic E-state index is 0.207. The standard InChI is InChI=1S/C11H16O5.C9H12O5/c1-7(2)10(13)15-6-9(5-12)16-11(14)8(3)4;1-3-8(11)13-6-7(5-10)14-9(12)4-2/h9,12H,1,3,5-6H2,2,4H3;3-4,7,10H,1-2,5-6H2. The molecule has 0 aliphatic heterocycles. The van der Waals surface area contributed by atoms with Gasteiger partial charge < -0.3 is 29.2 Å². The second-order valence-electron chi connectivity index (χ2n) is 5.65. The number of esters is 4. The van der Waals surface area contributed by atoms with E-state index in [0.717, 1.165) is 12.2 Å². The molecule has 0 amide bonds. The van der Waals surface area contributed by atoms with E-state index in [2.05, 4.69) is 35.8 Å². The second kappa shape index (κ2) is 16.7. The van der Waals surface area contributed by atoms with Gasteiger partial charge in [-0.1, -0.05) is 26.3 Å². The molecule has 0 aromatic carbocycles. The molecule has 0 aliphatic rings. The topological polar surface area (TPSA) is 146 Å². The normalized spacial score (nSPS) is 11.3. The Morgan fingerprint density at radius 3 is 1.60 bits per heavy atom. The summed E-state index contributed by atoms with van der Waals surface area (Å²) in [5.74, 6) is -2.55. The van der Waals surface area contributed by atoms with E-state index in [1.807, 2.05) is 0 Å². The van der Waals surface area contributed by atoms with E-state index in [1.165, 1.54) is 13.8 Å². The molecule has 0 aliphatic carbocycles. The highest BCUT2D eigenvalue weighted by Gasteiger charge is 2.16. The molecule has 0 saturated carbocycles. The fourth-order valence-electron chi connectivity index (χ4n) is 1.24. The quantitative estimate of drug-likeness (QED) is 0.254. The average molecular weight is 428 g/mol. The van der Waals surface area contributed by atoms with Crippen LogP contribution in [-0.2, 0) is 38.1 Å². The Morgan fingerprint density at radius 1 is 0.767 bits per heavy atom. The van der Waals surface area contributed by atoms with Crippen LogP contribution in [-0.4, -0.2) is 72.7 Å². The molecule has 0 saturated heterocycles. The molecule has 2 atom stereocenters. The Kier molecular flexibility index (Phi) is 16.1. The Labute approximate surface area is 175 Å². The van der Waals surface area contributed by atoms with Crippen molar-refractivity contribution in [2.45, 2.75) is 26.1 Å². The van der Waals surface area contributed by atoms with Crippen LogP contribution >= 0.6 is 0 Å². The lowest BCUT2D eigenvalue weighted by molar-refractivity contribution is -0.156. The Hall–Kier alpha value is -3.24. The van der Waals surface area contributed by atoms with E-state index in [4.69, 9.17) is 19.7 Å². The summed E-state index contributed by atoms with van der Waals surface area (Å²) in [7, 11) is 0. The van der Waals surface area contributed by atoms with E-state index in [0.29, 0.717) is 0 Å². The fraction of sp³-hybridized carbons (Fsp3) is 0.400. The Morgan fingerprint density at radius 2 is 1.20 bits per heavy atom. The van der Waals surface area contributed by atoms with E-state index >= 15 is 0 Å². The van der Waals surface area contributed by atoms with E-state index in [1.54, 1.807) is 0 Å². The lowest BCUT2D eigenvalue weighted by atomic mass is 10.3. The number of aliphatic hydroxyl groups is 2. The van der Waals surface area contributed by atoms with Crippen LogP contribution < -0.4 is 0 Å². The predicted molar refractivity (Wildman–Crippen MR) is 106 cm³/mol. The van der Waals surface area contributed by atoms with Gasteiger partial charge in [0.05, 0.1) is 13.2 Å². The third-order valence-electron chi connectivity index (χ3n) is 2.81. The smallest absolute Gasteiger partial charge is 0.333 e. The molecular formula is C20H28O10. The number of aliphatic hydroxyl groups excluding tert-OH is 2. The fourth-order valence-corrected chi connectivity index (χ4v) is 1.24. The number of hydrogen-bond acceptors (Lipinski definition) is 10. The monoisotopic (exact) mass is 428 g/mol. The molecule has 0 bridgehead atoms. The average Bonchev–Trinajstić information content (AvgIpc) is 2.72. The molecule has 30 heavy (non-hydrogen) atoms. The zero-order chi connectivity index (χ0) is 23.7. The SMILES string of the molecule is C=C(C)C(=O)OCC(CO)OC(=O)C(=C)C.C=CC(=O)OCC(CO)OC(=O)C=C. The maximum atomic E-state index is 11.1. The molecule has 0 heterocycles. The molecule has 0 aromatic heterocycles. The number of carbonyl (C=O) groups is 4. The molecular weight excluding hydrogens is 400 g/mol.